The molecule has 0 heteroatoms. The molecule has 0 N–H and O–H groups in total. The number of hydrogen-bond donors (Lipinski definition) is 0. The molecule has 0 spiro atoms. The van der Waals surface area contributed by atoms with Gasteiger partial charge in [0.2, 0.25) is 0 Å². The normalized spacial score (nSPS) is 13.8. The van der Waals surface area contributed by atoms with E-state index in [0.29, 0.717) is 0 Å². The van der Waals surface area contributed by atoms with Gasteiger partial charge in [-0.3, -0.25) is 0 Å². The molecule has 13 heavy (non-hydrogen) atoms. The van der Waals surface area contributed by atoms with Gasteiger partial charge >= 0.3 is 0 Å². The average molecular weight is 170 g/mol. The first-order chi connectivity index (χ1) is 6.22. The highest BCUT2D eigenvalue weighted by Crippen LogP contribution is 2.30. The molecule has 2 rings (SSSR count). The Hall–Kier alpha value is -1.30. The Balaban J connectivity index is 2.60. The Kier molecular flexibility index (Phi) is 1.84. The summed E-state index contributed by atoms with van der Waals surface area (Å²) >= 11 is 0. The van der Waals surface area contributed by atoms with Crippen molar-refractivity contribution in [1.82, 2.24) is 0 Å². The van der Waals surface area contributed by atoms with Crippen molar-refractivity contribution in [3.05, 3.63) is 52.6 Å². The van der Waals surface area contributed by atoms with E-state index < -0.39 is 0 Å². The van der Waals surface area contributed by atoms with Crippen LogP contribution in [0.15, 0.2) is 30.4 Å². The molecule has 0 amide bonds. The van der Waals surface area contributed by atoms with Gasteiger partial charge in [0, 0.05) is 0 Å². The van der Waals surface area contributed by atoms with Crippen LogP contribution < -0.4 is 0 Å². The van der Waals surface area contributed by atoms with Gasteiger partial charge in [-0.2, -0.15) is 0 Å². The average Bonchev–Trinajstić information content (AvgIpc) is 2.56. The third-order valence-electron chi connectivity index (χ3n) is 2.78. The molecule has 1 aromatic carbocycles. The van der Waals surface area contributed by atoms with Crippen LogP contribution >= 0.6 is 0 Å². The Bertz CT molecular complexity index is 395. The molecule has 0 nitrogen and oxygen atoms in total. The van der Waals surface area contributed by atoms with Crippen LogP contribution in [0.25, 0.3) is 6.08 Å². The maximum absolute atomic E-state index is 3.82. The SMILES string of the molecule is C=CC1=Cc2c(C)ccc(C)c2C1. The lowest BCUT2D eigenvalue weighted by molar-refractivity contribution is 1.19. The summed E-state index contributed by atoms with van der Waals surface area (Å²) in [6.45, 7) is 8.16. The maximum Gasteiger partial charge on any atom is -0.00171 e. The topological polar surface area (TPSA) is 0 Å². The summed E-state index contributed by atoms with van der Waals surface area (Å²) in [5.41, 5.74) is 7.00. The molecule has 0 radical (unpaired) electrons. The number of benzene rings is 1. The fraction of sp³-hybridized carbons (Fsp3) is 0.231. The van der Waals surface area contributed by atoms with Crippen LogP contribution in [-0.2, 0) is 6.42 Å². The van der Waals surface area contributed by atoms with E-state index in [1.165, 1.54) is 27.8 Å². The summed E-state index contributed by atoms with van der Waals surface area (Å²) in [4.78, 5) is 0. The van der Waals surface area contributed by atoms with Gasteiger partial charge < -0.3 is 0 Å². The summed E-state index contributed by atoms with van der Waals surface area (Å²) in [6.07, 6.45) is 5.27. The van der Waals surface area contributed by atoms with Crippen molar-refractivity contribution in [2.75, 3.05) is 0 Å². The van der Waals surface area contributed by atoms with Crippen LogP contribution in [0.1, 0.15) is 22.3 Å². The number of hydrogen-bond acceptors (Lipinski definition) is 0. The predicted molar refractivity (Wildman–Crippen MR) is 57.8 cm³/mol. The van der Waals surface area contributed by atoms with E-state index in [1.807, 2.05) is 6.08 Å². The summed E-state index contributed by atoms with van der Waals surface area (Å²) < 4.78 is 0. The first-order valence-corrected chi connectivity index (χ1v) is 4.64. The van der Waals surface area contributed by atoms with E-state index >= 15 is 0 Å². The minimum atomic E-state index is 1.06. The van der Waals surface area contributed by atoms with E-state index in [2.05, 4.69) is 38.6 Å². The standard InChI is InChI=1S/C13H14/c1-4-11-7-12-9(2)5-6-10(3)13(12)8-11/h4-7H,1,8H2,2-3H3. The smallest absolute Gasteiger partial charge is 0.00171 e. The van der Waals surface area contributed by atoms with Gasteiger partial charge in [0.1, 0.15) is 0 Å². The largest absolute Gasteiger partial charge is 0.0988 e. The molecule has 0 saturated carbocycles. The van der Waals surface area contributed by atoms with Crippen LogP contribution in [0, 0.1) is 13.8 Å². The maximum atomic E-state index is 3.82. The van der Waals surface area contributed by atoms with E-state index in [1.54, 1.807) is 0 Å². The van der Waals surface area contributed by atoms with Crippen molar-refractivity contribution >= 4 is 6.08 Å². The molecular formula is C13H14. The van der Waals surface area contributed by atoms with Crippen molar-refractivity contribution in [3.63, 3.8) is 0 Å². The zero-order valence-electron chi connectivity index (χ0n) is 8.22. The molecule has 0 unspecified atom stereocenters. The monoisotopic (exact) mass is 170 g/mol. The fourth-order valence-electron chi connectivity index (χ4n) is 1.90. The van der Waals surface area contributed by atoms with Gasteiger partial charge in [-0.25, -0.2) is 0 Å². The Labute approximate surface area is 79.6 Å². The summed E-state index contributed by atoms with van der Waals surface area (Å²) in [7, 11) is 0. The first kappa shape index (κ1) is 8.31. The van der Waals surface area contributed by atoms with Gasteiger partial charge in [0.15, 0.2) is 0 Å². The van der Waals surface area contributed by atoms with Crippen LogP contribution in [0.4, 0.5) is 0 Å². The molecule has 0 saturated heterocycles. The fourth-order valence-corrected chi connectivity index (χ4v) is 1.90. The zero-order chi connectivity index (χ0) is 9.42. The van der Waals surface area contributed by atoms with E-state index in [0.717, 1.165) is 6.42 Å². The van der Waals surface area contributed by atoms with E-state index in [4.69, 9.17) is 0 Å². The van der Waals surface area contributed by atoms with Crippen LogP contribution in [0.3, 0.4) is 0 Å². The van der Waals surface area contributed by atoms with Gasteiger partial charge in [0.05, 0.1) is 0 Å². The third-order valence-corrected chi connectivity index (χ3v) is 2.78. The van der Waals surface area contributed by atoms with E-state index in [-0.39, 0.29) is 0 Å². The van der Waals surface area contributed by atoms with Crippen molar-refractivity contribution in [3.8, 4) is 0 Å². The second-order valence-electron chi connectivity index (χ2n) is 3.69. The summed E-state index contributed by atoms with van der Waals surface area (Å²) in [5.74, 6) is 0. The summed E-state index contributed by atoms with van der Waals surface area (Å²) in [6, 6.07) is 4.39. The van der Waals surface area contributed by atoms with Crippen molar-refractivity contribution in [2.45, 2.75) is 20.3 Å². The minimum Gasteiger partial charge on any atom is -0.0988 e. The molecule has 0 aromatic heterocycles. The quantitative estimate of drug-likeness (QED) is 0.605. The van der Waals surface area contributed by atoms with E-state index in [9.17, 15) is 0 Å². The molecule has 0 bridgehead atoms. The number of fused-ring (bicyclic) bond motifs is 1. The highest BCUT2D eigenvalue weighted by molar-refractivity contribution is 5.70. The lowest BCUT2D eigenvalue weighted by Crippen LogP contribution is -1.90. The molecule has 1 aliphatic carbocycles. The third kappa shape index (κ3) is 1.23. The van der Waals surface area contributed by atoms with Crippen molar-refractivity contribution in [1.29, 1.82) is 0 Å². The Morgan fingerprint density at radius 1 is 1.23 bits per heavy atom. The zero-order valence-corrected chi connectivity index (χ0v) is 8.22. The summed E-state index contributed by atoms with van der Waals surface area (Å²) in [5, 5.41) is 0. The van der Waals surface area contributed by atoms with Crippen molar-refractivity contribution in [2.24, 2.45) is 0 Å². The molecule has 66 valence electrons. The molecule has 0 aliphatic heterocycles. The van der Waals surface area contributed by atoms with Gasteiger partial charge in [-0.1, -0.05) is 30.9 Å². The number of allylic oxidation sites excluding steroid dienone is 2. The predicted octanol–water partition coefficient (Wildman–Crippen LogP) is 3.43. The Morgan fingerprint density at radius 3 is 2.54 bits per heavy atom. The van der Waals surface area contributed by atoms with Crippen LogP contribution in [-0.4, -0.2) is 0 Å². The lowest BCUT2D eigenvalue weighted by Gasteiger charge is -2.05. The van der Waals surface area contributed by atoms with Crippen LogP contribution in [0.2, 0.25) is 0 Å². The van der Waals surface area contributed by atoms with Gasteiger partial charge in [0.25, 0.3) is 0 Å². The molecule has 1 aliphatic rings. The minimum absolute atomic E-state index is 1.06. The first-order valence-electron chi connectivity index (χ1n) is 4.64. The second-order valence-corrected chi connectivity index (χ2v) is 3.69. The Morgan fingerprint density at radius 2 is 1.92 bits per heavy atom. The highest BCUT2D eigenvalue weighted by Gasteiger charge is 2.14. The van der Waals surface area contributed by atoms with Gasteiger partial charge in [-0.05, 0) is 48.1 Å². The van der Waals surface area contributed by atoms with Gasteiger partial charge in [-0.15, -0.1) is 0 Å². The number of rotatable bonds is 1. The molecule has 0 heterocycles. The molecular weight excluding hydrogens is 156 g/mol. The van der Waals surface area contributed by atoms with Crippen LogP contribution in [0.5, 0.6) is 0 Å². The second kappa shape index (κ2) is 2.88. The molecule has 0 fully saturated rings. The molecule has 0 atom stereocenters. The molecule has 1 aromatic rings. The lowest BCUT2D eigenvalue weighted by atomic mass is 9.99. The highest BCUT2D eigenvalue weighted by atomic mass is 14.2. The number of aryl methyl sites for hydroxylation is 2. The van der Waals surface area contributed by atoms with Crippen molar-refractivity contribution < 1.29 is 0 Å².